The summed E-state index contributed by atoms with van der Waals surface area (Å²) >= 11 is 0. The topological polar surface area (TPSA) is 93.1 Å². The van der Waals surface area contributed by atoms with Gasteiger partial charge in [-0.2, -0.15) is 0 Å². The van der Waals surface area contributed by atoms with Crippen molar-refractivity contribution in [1.29, 1.82) is 0 Å². The summed E-state index contributed by atoms with van der Waals surface area (Å²) in [6.07, 6.45) is 7.45. The highest BCUT2D eigenvalue weighted by Crippen LogP contribution is 2.31. The predicted octanol–water partition coefficient (Wildman–Crippen LogP) is 3.98. The number of fused-ring (bicyclic) bond motifs is 1. The summed E-state index contributed by atoms with van der Waals surface area (Å²) in [5, 5.41) is 20.3. The highest BCUT2D eigenvalue weighted by molar-refractivity contribution is 5.97. The van der Waals surface area contributed by atoms with Crippen LogP contribution in [0.3, 0.4) is 0 Å². The maximum atomic E-state index is 12.6. The van der Waals surface area contributed by atoms with Crippen LogP contribution in [0.5, 0.6) is 11.5 Å². The minimum Gasteiger partial charge on any atom is -0.507 e. The number of ether oxygens (including phenoxy) is 2. The van der Waals surface area contributed by atoms with Crippen LogP contribution < -0.4 is 4.74 Å². The number of carbonyl (C=O) groups is 2. The van der Waals surface area contributed by atoms with Crippen LogP contribution in [-0.2, 0) is 9.53 Å². The van der Waals surface area contributed by atoms with E-state index in [2.05, 4.69) is 0 Å². The van der Waals surface area contributed by atoms with E-state index in [1.54, 1.807) is 26.0 Å². The van der Waals surface area contributed by atoms with Crippen LogP contribution in [0.15, 0.2) is 18.2 Å². The van der Waals surface area contributed by atoms with Gasteiger partial charge in [-0.1, -0.05) is 19.1 Å². The van der Waals surface area contributed by atoms with E-state index in [9.17, 15) is 19.8 Å². The fourth-order valence-corrected chi connectivity index (χ4v) is 3.01. The fraction of sp³-hybridized carbons (Fsp3) is 0.524. The molecule has 0 unspecified atom stereocenters. The van der Waals surface area contributed by atoms with Crippen molar-refractivity contribution in [2.24, 2.45) is 0 Å². The molecule has 27 heavy (non-hydrogen) atoms. The molecule has 0 amide bonds. The Kier molecular flexibility index (Phi) is 7.85. The molecule has 148 valence electrons. The summed E-state index contributed by atoms with van der Waals surface area (Å²) in [6, 6.07) is 2.80. The number of cyclic esters (lactones) is 1. The van der Waals surface area contributed by atoms with Gasteiger partial charge in [0.1, 0.15) is 17.1 Å². The lowest BCUT2D eigenvalue weighted by Gasteiger charge is -2.17. The summed E-state index contributed by atoms with van der Waals surface area (Å²) in [5.41, 5.74) is 0.496. The highest BCUT2D eigenvalue weighted by Gasteiger charge is 2.21. The first-order chi connectivity index (χ1) is 12.9. The van der Waals surface area contributed by atoms with Crippen molar-refractivity contribution in [2.75, 3.05) is 0 Å². The van der Waals surface area contributed by atoms with Crippen molar-refractivity contribution in [2.45, 2.75) is 71.0 Å². The summed E-state index contributed by atoms with van der Waals surface area (Å²) in [4.78, 5) is 24.1. The zero-order chi connectivity index (χ0) is 19.8. The average molecular weight is 376 g/mol. The molecule has 0 bridgehead atoms. The van der Waals surface area contributed by atoms with Crippen molar-refractivity contribution >= 4 is 18.0 Å². The molecule has 0 radical (unpaired) electrons. The van der Waals surface area contributed by atoms with Gasteiger partial charge in [0, 0.05) is 12.5 Å². The van der Waals surface area contributed by atoms with Gasteiger partial charge in [0.05, 0.1) is 12.2 Å². The van der Waals surface area contributed by atoms with E-state index in [1.165, 1.54) is 6.07 Å². The van der Waals surface area contributed by atoms with E-state index < -0.39 is 11.9 Å². The SMILES string of the molecule is CCC(=O)Oc1cc(O)c2c(c1)/C=C/CCC[C@@H](O)CCC[C@H](C)OC2=O. The standard InChI is InChI=1S/C21H28O6/c1-3-19(24)27-17-12-15-9-5-4-6-10-16(22)11-7-8-14(2)26-21(25)20(15)18(23)13-17/h5,9,12-14,16,22-23H,3-4,6-8,10-11H2,1-2H3/b9-5+/t14-,16+/m0/s1. The van der Waals surface area contributed by atoms with Crippen molar-refractivity contribution in [3.63, 3.8) is 0 Å². The van der Waals surface area contributed by atoms with E-state index in [-0.39, 0.29) is 35.7 Å². The number of benzene rings is 1. The molecular weight excluding hydrogens is 348 g/mol. The Morgan fingerprint density at radius 2 is 2.00 bits per heavy atom. The van der Waals surface area contributed by atoms with E-state index in [1.807, 2.05) is 6.08 Å². The molecule has 2 rings (SSSR count). The highest BCUT2D eigenvalue weighted by atomic mass is 16.5. The number of allylic oxidation sites excluding steroid dienone is 1. The van der Waals surface area contributed by atoms with Gasteiger partial charge in [-0.25, -0.2) is 4.79 Å². The van der Waals surface area contributed by atoms with Crippen LogP contribution in [-0.4, -0.2) is 34.4 Å². The van der Waals surface area contributed by atoms with Gasteiger partial charge in [0.2, 0.25) is 0 Å². The predicted molar refractivity (Wildman–Crippen MR) is 102 cm³/mol. The fourth-order valence-electron chi connectivity index (χ4n) is 3.01. The Bertz CT molecular complexity index is 694. The summed E-state index contributed by atoms with van der Waals surface area (Å²) in [7, 11) is 0. The molecule has 0 fully saturated rings. The van der Waals surface area contributed by atoms with Crippen molar-refractivity contribution < 1.29 is 29.3 Å². The van der Waals surface area contributed by atoms with Gasteiger partial charge < -0.3 is 19.7 Å². The normalized spacial score (nSPS) is 22.9. The van der Waals surface area contributed by atoms with Crippen molar-refractivity contribution in [3.8, 4) is 11.5 Å². The third kappa shape index (κ3) is 6.40. The minimum atomic E-state index is -0.620. The molecule has 2 N–H and O–H groups in total. The average Bonchev–Trinajstić information content (AvgIpc) is 2.60. The Hall–Kier alpha value is -2.34. The summed E-state index contributed by atoms with van der Waals surface area (Å²) in [5.74, 6) is -1.15. The molecule has 1 aliphatic heterocycles. The molecule has 0 aromatic heterocycles. The first-order valence-corrected chi connectivity index (χ1v) is 9.54. The molecule has 0 aliphatic carbocycles. The summed E-state index contributed by atoms with van der Waals surface area (Å²) in [6.45, 7) is 3.47. The molecular formula is C21H28O6. The Morgan fingerprint density at radius 3 is 2.74 bits per heavy atom. The molecule has 6 heteroatoms. The maximum Gasteiger partial charge on any atom is 0.342 e. The zero-order valence-electron chi connectivity index (χ0n) is 15.9. The molecule has 1 aliphatic rings. The second-order valence-electron chi connectivity index (χ2n) is 6.87. The van der Waals surface area contributed by atoms with Gasteiger partial charge in [-0.3, -0.25) is 4.79 Å². The Balaban J connectivity index is 2.35. The zero-order valence-corrected chi connectivity index (χ0v) is 15.9. The molecule has 6 nitrogen and oxygen atoms in total. The quantitative estimate of drug-likeness (QED) is 0.599. The minimum absolute atomic E-state index is 0.0616. The molecule has 0 spiro atoms. The Morgan fingerprint density at radius 1 is 1.26 bits per heavy atom. The number of carbonyl (C=O) groups excluding carboxylic acids is 2. The second kappa shape index (κ2) is 10.1. The van der Waals surface area contributed by atoms with Crippen LogP contribution in [0, 0.1) is 0 Å². The monoisotopic (exact) mass is 376 g/mol. The molecule has 2 atom stereocenters. The number of aliphatic hydroxyl groups excluding tert-OH is 1. The second-order valence-corrected chi connectivity index (χ2v) is 6.87. The number of phenolic OH excluding ortho intramolecular Hbond substituents is 1. The van der Waals surface area contributed by atoms with Gasteiger partial charge in [0.15, 0.2) is 0 Å². The smallest absolute Gasteiger partial charge is 0.342 e. The van der Waals surface area contributed by atoms with E-state index >= 15 is 0 Å². The largest absolute Gasteiger partial charge is 0.507 e. The number of esters is 2. The van der Waals surface area contributed by atoms with Crippen molar-refractivity contribution in [1.82, 2.24) is 0 Å². The number of aliphatic hydroxyl groups is 1. The molecule has 1 aromatic rings. The van der Waals surface area contributed by atoms with Gasteiger partial charge in [-0.15, -0.1) is 0 Å². The Labute approximate surface area is 159 Å². The third-order valence-corrected chi connectivity index (χ3v) is 4.51. The lowest BCUT2D eigenvalue weighted by Crippen LogP contribution is -2.17. The number of hydrogen-bond acceptors (Lipinski definition) is 6. The van der Waals surface area contributed by atoms with Crippen LogP contribution in [0.25, 0.3) is 6.08 Å². The van der Waals surface area contributed by atoms with E-state index in [0.29, 0.717) is 24.8 Å². The van der Waals surface area contributed by atoms with Crippen molar-refractivity contribution in [3.05, 3.63) is 29.3 Å². The van der Waals surface area contributed by atoms with Crippen LogP contribution in [0.1, 0.15) is 74.7 Å². The number of hydrogen-bond donors (Lipinski definition) is 2. The first-order valence-electron chi connectivity index (χ1n) is 9.54. The molecule has 0 saturated heterocycles. The lowest BCUT2D eigenvalue weighted by atomic mass is 10.0. The summed E-state index contributed by atoms with van der Waals surface area (Å²) < 4.78 is 10.6. The molecule has 0 saturated carbocycles. The maximum absolute atomic E-state index is 12.6. The van der Waals surface area contributed by atoms with E-state index in [4.69, 9.17) is 9.47 Å². The molecule has 1 aromatic carbocycles. The number of rotatable bonds is 2. The van der Waals surface area contributed by atoms with Crippen LogP contribution in [0.2, 0.25) is 0 Å². The van der Waals surface area contributed by atoms with E-state index in [0.717, 1.165) is 19.3 Å². The van der Waals surface area contributed by atoms with Crippen LogP contribution in [0.4, 0.5) is 0 Å². The van der Waals surface area contributed by atoms with Gasteiger partial charge in [0.25, 0.3) is 0 Å². The van der Waals surface area contributed by atoms with Crippen LogP contribution >= 0.6 is 0 Å². The van der Waals surface area contributed by atoms with Gasteiger partial charge in [-0.05, 0) is 57.1 Å². The number of aromatic hydroxyl groups is 1. The molecule has 1 heterocycles. The van der Waals surface area contributed by atoms with Gasteiger partial charge >= 0.3 is 11.9 Å². The lowest BCUT2D eigenvalue weighted by molar-refractivity contribution is -0.134. The first kappa shape index (κ1) is 21.0. The number of phenols is 1. The third-order valence-electron chi connectivity index (χ3n) is 4.51.